The molecule has 0 spiro atoms. The maximum atomic E-state index is 15.7. The van der Waals surface area contributed by atoms with Gasteiger partial charge >= 0.3 is 6.97 Å². The molecule has 4 nitrogen and oxygen atoms in total. The molecule has 0 aliphatic carbocycles. The first-order valence-corrected chi connectivity index (χ1v) is 9.10. The Hall–Kier alpha value is -3.02. The first-order valence-electron chi connectivity index (χ1n) is 9.10. The van der Waals surface area contributed by atoms with Crippen molar-refractivity contribution >= 4 is 24.2 Å². The molecule has 1 aromatic carbocycles. The minimum atomic E-state index is -4.60. The number of rotatable bonds is 2. The third-order valence-electron chi connectivity index (χ3n) is 5.30. The minimum absolute atomic E-state index is 0.0581. The van der Waals surface area contributed by atoms with E-state index in [1.807, 2.05) is 0 Å². The van der Waals surface area contributed by atoms with Gasteiger partial charge in [-0.15, -0.1) is 0 Å². The summed E-state index contributed by atoms with van der Waals surface area (Å²) in [5, 5.41) is 0. The van der Waals surface area contributed by atoms with Crippen molar-refractivity contribution in [1.29, 1.82) is 0 Å². The number of hydrogen-bond donors (Lipinski definition) is 0. The first kappa shape index (κ1) is 21.2. The molecule has 3 heterocycles. The van der Waals surface area contributed by atoms with Gasteiger partial charge in [-0.25, -0.2) is 22.0 Å². The van der Waals surface area contributed by atoms with E-state index in [-0.39, 0.29) is 21.8 Å². The molecule has 2 aliphatic rings. The molecular weight excluding hydrogens is 428 g/mol. The Labute approximate surface area is 172 Å². The monoisotopic (exact) mass is 444 g/mol. The van der Waals surface area contributed by atoms with Gasteiger partial charge in [-0.1, -0.05) is 0 Å². The summed E-state index contributed by atoms with van der Waals surface area (Å²) >= 11 is 0. The maximum absolute atomic E-state index is 15.7. The molecular formula is C19H16BF7N4. The predicted octanol–water partition coefficient (Wildman–Crippen LogP) is 4.28. The zero-order valence-corrected chi connectivity index (χ0v) is 16.8. The van der Waals surface area contributed by atoms with E-state index in [0.717, 1.165) is 6.08 Å². The van der Waals surface area contributed by atoms with Crippen molar-refractivity contribution in [1.82, 2.24) is 13.8 Å². The average molecular weight is 444 g/mol. The molecule has 0 saturated carbocycles. The van der Waals surface area contributed by atoms with Gasteiger partial charge < -0.3 is 17.9 Å². The number of aliphatic imine (C=N–C) groups is 1. The Balaban J connectivity index is 2.19. The quantitative estimate of drug-likeness (QED) is 0.223. The number of quaternary nitrogens is 1. The van der Waals surface area contributed by atoms with Crippen molar-refractivity contribution in [3.8, 4) is 0 Å². The number of aromatic nitrogens is 1. The summed E-state index contributed by atoms with van der Waals surface area (Å²) in [4.78, 5) is 4.25. The maximum Gasteiger partial charge on any atom is 0.538 e. The second-order valence-corrected chi connectivity index (χ2v) is 8.04. The van der Waals surface area contributed by atoms with Crippen LogP contribution in [0.1, 0.15) is 11.3 Å². The van der Waals surface area contributed by atoms with Gasteiger partial charge in [-0.2, -0.15) is 0 Å². The van der Waals surface area contributed by atoms with Crippen LogP contribution in [-0.4, -0.2) is 50.3 Å². The number of amidine groups is 1. The summed E-state index contributed by atoms with van der Waals surface area (Å²) < 4.78 is 103. The molecule has 0 amide bonds. The number of benzene rings is 1. The lowest BCUT2D eigenvalue weighted by atomic mass is 9.84. The number of allylic oxidation sites excluding steroid dienone is 1. The molecule has 2 aromatic rings. The van der Waals surface area contributed by atoms with Crippen LogP contribution in [0.15, 0.2) is 35.0 Å². The molecule has 1 aromatic heterocycles. The van der Waals surface area contributed by atoms with Crippen LogP contribution in [-0.2, 0) is 0 Å². The van der Waals surface area contributed by atoms with Crippen molar-refractivity contribution in [2.45, 2.75) is 0 Å². The van der Waals surface area contributed by atoms with E-state index >= 15 is 8.63 Å². The number of hydrogen-bond acceptors (Lipinski definition) is 1. The lowest BCUT2D eigenvalue weighted by Gasteiger charge is -2.46. The second-order valence-electron chi connectivity index (χ2n) is 8.04. The van der Waals surface area contributed by atoms with Crippen molar-refractivity contribution in [3.63, 3.8) is 0 Å². The fourth-order valence-electron chi connectivity index (χ4n) is 3.99. The molecule has 0 N–H and O–H groups in total. The van der Waals surface area contributed by atoms with E-state index < -0.39 is 52.9 Å². The molecule has 0 atom stereocenters. The van der Waals surface area contributed by atoms with E-state index in [4.69, 9.17) is 0 Å². The summed E-state index contributed by atoms with van der Waals surface area (Å²) in [5.41, 5.74) is -2.61. The standard InChI is InChI=1S/C19H16BF7N4/c1-28-11-7-5-9-13(14-15(21)17(23)19(25)18(24)16(14)22)10-6-8-12(31(2,3)4)30(10)20(26,27)29(9)11/h5-8H,1-4H3. The van der Waals surface area contributed by atoms with Gasteiger partial charge in [0.2, 0.25) is 5.82 Å². The first-order chi connectivity index (χ1) is 14.3. The van der Waals surface area contributed by atoms with Crippen LogP contribution in [0.4, 0.5) is 36.4 Å². The zero-order valence-electron chi connectivity index (χ0n) is 16.8. The Kier molecular flexibility index (Phi) is 4.44. The predicted molar refractivity (Wildman–Crippen MR) is 104 cm³/mol. The Morgan fingerprint density at radius 3 is 1.90 bits per heavy atom. The van der Waals surface area contributed by atoms with Gasteiger partial charge in [0.05, 0.1) is 32.5 Å². The van der Waals surface area contributed by atoms with Crippen molar-refractivity contribution in [3.05, 3.63) is 70.3 Å². The van der Waals surface area contributed by atoms with Crippen LogP contribution in [0.2, 0.25) is 0 Å². The summed E-state index contributed by atoms with van der Waals surface area (Å²) in [6.45, 7) is -4.60. The molecule has 164 valence electrons. The van der Waals surface area contributed by atoms with E-state index in [9.17, 15) is 22.0 Å². The molecule has 0 fully saturated rings. The number of nitrogens with zero attached hydrogens (tertiary/aromatic N) is 4. The third-order valence-corrected chi connectivity index (χ3v) is 5.30. The molecule has 31 heavy (non-hydrogen) atoms. The van der Waals surface area contributed by atoms with Crippen LogP contribution < -0.4 is 4.48 Å². The van der Waals surface area contributed by atoms with E-state index in [2.05, 4.69) is 4.99 Å². The summed E-state index contributed by atoms with van der Waals surface area (Å²) in [7, 11) is 6.05. The van der Waals surface area contributed by atoms with E-state index in [1.165, 1.54) is 25.3 Å². The summed E-state index contributed by atoms with van der Waals surface area (Å²) in [6.07, 6.45) is 2.31. The van der Waals surface area contributed by atoms with E-state index in [1.54, 1.807) is 21.1 Å². The average Bonchev–Trinajstić information content (AvgIpc) is 3.33. The molecule has 0 unspecified atom stereocenters. The normalized spacial score (nSPS) is 18.8. The number of halogens is 7. The summed E-state index contributed by atoms with van der Waals surface area (Å²) in [6, 6.07) is 2.51. The van der Waals surface area contributed by atoms with Crippen molar-refractivity contribution in [2.75, 3.05) is 28.2 Å². The van der Waals surface area contributed by atoms with Gasteiger partial charge in [0.25, 0.3) is 0 Å². The van der Waals surface area contributed by atoms with Gasteiger partial charge in [0.15, 0.2) is 29.1 Å². The van der Waals surface area contributed by atoms with Crippen LogP contribution in [0.5, 0.6) is 0 Å². The molecule has 12 heteroatoms. The molecule has 4 rings (SSSR count). The SMILES string of the molecule is CN=C1C=CC2=C(c3c(F)c(F)c(F)c(F)c3F)c3ccc([N+](C)(C)C)n3[B-](F)(F)N12. The fourth-order valence-corrected chi connectivity index (χ4v) is 3.99. The second kappa shape index (κ2) is 6.49. The summed E-state index contributed by atoms with van der Waals surface area (Å²) in [5.74, 6) is -11.0. The van der Waals surface area contributed by atoms with Crippen molar-refractivity contribution in [2.24, 2.45) is 4.99 Å². The Bertz CT molecular complexity index is 1190. The van der Waals surface area contributed by atoms with Crippen LogP contribution in [0.25, 0.3) is 5.57 Å². The zero-order chi connectivity index (χ0) is 23.0. The lowest BCUT2D eigenvalue weighted by Crippen LogP contribution is -2.57. The fraction of sp³-hybridized carbons (Fsp3) is 0.211. The lowest BCUT2D eigenvalue weighted by molar-refractivity contribution is 0.375. The Morgan fingerprint density at radius 1 is 0.839 bits per heavy atom. The minimum Gasteiger partial charge on any atom is -0.437 e. The smallest absolute Gasteiger partial charge is 0.437 e. The van der Waals surface area contributed by atoms with Gasteiger partial charge in [-0.3, -0.25) is 9.48 Å². The van der Waals surface area contributed by atoms with Crippen molar-refractivity contribution < 1.29 is 30.6 Å². The highest BCUT2D eigenvalue weighted by atomic mass is 19.2. The highest BCUT2D eigenvalue weighted by molar-refractivity contribution is 6.67. The molecule has 0 saturated heterocycles. The molecule has 0 radical (unpaired) electrons. The topological polar surface area (TPSA) is 20.5 Å². The van der Waals surface area contributed by atoms with Gasteiger partial charge in [0.1, 0.15) is 0 Å². The molecule has 2 aliphatic heterocycles. The van der Waals surface area contributed by atoms with Gasteiger partial charge in [-0.05, 0) is 18.2 Å². The van der Waals surface area contributed by atoms with Gasteiger partial charge in [0, 0.05) is 30.1 Å². The highest BCUT2D eigenvalue weighted by Gasteiger charge is 2.49. The van der Waals surface area contributed by atoms with Crippen LogP contribution >= 0.6 is 0 Å². The number of fused-ring (bicyclic) bond motifs is 2. The van der Waals surface area contributed by atoms with Crippen LogP contribution in [0, 0.1) is 29.1 Å². The largest absolute Gasteiger partial charge is 0.538 e. The third kappa shape index (κ3) is 2.70. The van der Waals surface area contributed by atoms with Crippen LogP contribution in [0.3, 0.4) is 0 Å². The highest BCUT2D eigenvalue weighted by Crippen LogP contribution is 2.46. The van der Waals surface area contributed by atoms with E-state index in [0.29, 0.717) is 9.29 Å². The Morgan fingerprint density at radius 2 is 1.39 bits per heavy atom. The molecule has 0 bridgehead atoms.